The number of anilines is 1. The Bertz CT molecular complexity index is 470. The maximum absolute atomic E-state index is 14.0. The second-order valence-electron chi connectivity index (χ2n) is 4.67. The first-order valence-corrected chi connectivity index (χ1v) is 6.44. The summed E-state index contributed by atoms with van der Waals surface area (Å²) in [6.45, 7) is 0. The Kier molecular flexibility index (Phi) is 3.80. The number of benzene rings is 1. The zero-order valence-corrected chi connectivity index (χ0v) is 11.1. The Morgan fingerprint density at radius 2 is 1.89 bits per heavy atom. The lowest BCUT2D eigenvalue weighted by Crippen LogP contribution is -2.30. The molecule has 0 radical (unpaired) electrons. The maximum Gasteiger partial charge on any atom is 0.182 e. The highest BCUT2D eigenvalue weighted by molar-refractivity contribution is 7.80. The summed E-state index contributed by atoms with van der Waals surface area (Å²) in [4.78, 5) is 1.69. The summed E-state index contributed by atoms with van der Waals surface area (Å²) >= 11 is 4.68. The molecule has 0 bridgehead atoms. The molecule has 1 fully saturated rings. The van der Waals surface area contributed by atoms with E-state index in [1.54, 1.807) is 13.1 Å². The Morgan fingerprint density at radius 3 is 2.44 bits per heavy atom. The standard InChI is InChI=1S/C13H16F2N2S/c1-17(8-4-2-3-5-8)10-7-6-9(13(16)18)11(14)12(10)15/h6-8H,2-5H2,1H3,(H2,16,18). The molecule has 18 heavy (non-hydrogen) atoms. The molecule has 0 aliphatic heterocycles. The van der Waals surface area contributed by atoms with Crippen LogP contribution in [-0.4, -0.2) is 18.1 Å². The fourth-order valence-electron chi connectivity index (χ4n) is 2.49. The Balaban J connectivity index is 2.34. The molecule has 1 aromatic carbocycles. The van der Waals surface area contributed by atoms with Crippen LogP contribution in [-0.2, 0) is 0 Å². The molecule has 1 aromatic rings. The number of hydrogen-bond donors (Lipinski definition) is 1. The van der Waals surface area contributed by atoms with E-state index in [1.165, 1.54) is 6.07 Å². The van der Waals surface area contributed by atoms with Crippen molar-refractivity contribution < 1.29 is 8.78 Å². The van der Waals surface area contributed by atoms with E-state index >= 15 is 0 Å². The highest BCUT2D eigenvalue weighted by atomic mass is 32.1. The van der Waals surface area contributed by atoms with E-state index < -0.39 is 11.6 Å². The number of thiocarbonyl (C=S) groups is 1. The summed E-state index contributed by atoms with van der Waals surface area (Å²) < 4.78 is 27.8. The van der Waals surface area contributed by atoms with Gasteiger partial charge in [-0.05, 0) is 25.0 Å². The van der Waals surface area contributed by atoms with E-state index in [-0.39, 0.29) is 22.3 Å². The van der Waals surface area contributed by atoms with Crippen LogP contribution >= 0.6 is 12.2 Å². The van der Waals surface area contributed by atoms with E-state index in [9.17, 15) is 8.78 Å². The van der Waals surface area contributed by atoms with Gasteiger partial charge in [0.15, 0.2) is 11.6 Å². The van der Waals surface area contributed by atoms with Gasteiger partial charge in [0.1, 0.15) is 4.99 Å². The van der Waals surface area contributed by atoms with Crippen molar-refractivity contribution in [1.29, 1.82) is 0 Å². The van der Waals surface area contributed by atoms with Crippen LogP contribution in [0.1, 0.15) is 31.2 Å². The highest BCUT2D eigenvalue weighted by Gasteiger charge is 2.24. The van der Waals surface area contributed by atoms with Gasteiger partial charge in [-0.3, -0.25) is 0 Å². The summed E-state index contributed by atoms with van der Waals surface area (Å²) in [5.41, 5.74) is 5.58. The zero-order chi connectivity index (χ0) is 13.3. The average molecular weight is 270 g/mol. The molecule has 1 saturated carbocycles. The third-order valence-electron chi connectivity index (χ3n) is 3.58. The molecule has 0 spiro atoms. The van der Waals surface area contributed by atoms with Gasteiger partial charge in [-0.1, -0.05) is 25.1 Å². The van der Waals surface area contributed by atoms with Crippen molar-refractivity contribution in [3.05, 3.63) is 29.3 Å². The molecule has 1 aliphatic carbocycles. The minimum absolute atomic E-state index is 0.0360. The second kappa shape index (κ2) is 5.18. The first-order chi connectivity index (χ1) is 8.52. The molecule has 2 rings (SSSR count). The Labute approximate surface area is 111 Å². The molecule has 0 aromatic heterocycles. The number of nitrogens with two attached hydrogens (primary N) is 1. The van der Waals surface area contributed by atoms with Crippen LogP contribution in [0, 0.1) is 11.6 Å². The number of halogens is 2. The van der Waals surface area contributed by atoms with Crippen molar-refractivity contribution in [2.24, 2.45) is 5.73 Å². The van der Waals surface area contributed by atoms with Crippen LogP contribution < -0.4 is 10.6 Å². The molecule has 0 atom stereocenters. The lowest BCUT2D eigenvalue weighted by atomic mass is 10.1. The maximum atomic E-state index is 14.0. The Hall–Kier alpha value is -1.23. The SMILES string of the molecule is CN(c1ccc(C(N)=S)c(F)c1F)C1CCCC1. The minimum atomic E-state index is -0.954. The van der Waals surface area contributed by atoms with Crippen LogP contribution in [0.5, 0.6) is 0 Å². The summed E-state index contributed by atoms with van der Waals surface area (Å²) in [6, 6.07) is 3.28. The van der Waals surface area contributed by atoms with Gasteiger partial charge < -0.3 is 10.6 Å². The van der Waals surface area contributed by atoms with Crippen LogP contribution in [0.3, 0.4) is 0 Å². The second-order valence-corrected chi connectivity index (χ2v) is 5.11. The predicted molar refractivity (Wildman–Crippen MR) is 72.9 cm³/mol. The zero-order valence-electron chi connectivity index (χ0n) is 10.2. The Morgan fingerprint density at radius 1 is 1.28 bits per heavy atom. The largest absolute Gasteiger partial charge is 0.389 e. The van der Waals surface area contributed by atoms with Gasteiger partial charge >= 0.3 is 0 Å². The van der Waals surface area contributed by atoms with Gasteiger partial charge in [0.05, 0.1) is 5.69 Å². The minimum Gasteiger partial charge on any atom is -0.389 e. The van der Waals surface area contributed by atoms with E-state index in [4.69, 9.17) is 5.73 Å². The van der Waals surface area contributed by atoms with Crippen molar-refractivity contribution >= 4 is 22.9 Å². The summed E-state index contributed by atoms with van der Waals surface area (Å²) in [6.07, 6.45) is 4.33. The van der Waals surface area contributed by atoms with Gasteiger partial charge in [-0.15, -0.1) is 0 Å². The predicted octanol–water partition coefficient (Wildman–Crippen LogP) is 2.98. The fourth-order valence-corrected chi connectivity index (χ4v) is 2.65. The van der Waals surface area contributed by atoms with E-state index in [2.05, 4.69) is 12.2 Å². The van der Waals surface area contributed by atoms with Crippen LogP contribution in [0.2, 0.25) is 0 Å². The number of hydrogen-bond acceptors (Lipinski definition) is 2. The molecule has 1 aliphatic rings. The molecule has 5 heteroatoms. The van der Waals surface area contributed by atoms with Gasteiger partial charge in [-0.25, -0.2) is 8.78 Å². The van der Waals surface area contributed by atoms with E-state index in [1.807, 2.05) is 4.90 Å². The van der Waals surface area contributed by atoms with Gasteiger partial charge in [0.2, 0.25) is 0 Å². The fraction of sp³-hybridized carbons (Fsp3) is 0.462. The first-order valence-electron chi connectivity index (χ1n) is 6.03. The van der Waals surface area contributed by atoms with E-state index in [0.717, 1.165) is 25.7 Å². The quantitative estimate of drug-likeness (QED) is 0.856. The third-order valence-corrected chi connectivity index (χ3v) is 3.80. The van der Waals surface area contributed by atoms with Gasteiger partial charge in [0.25, 0.3) is 0 Å². The molecular formula is C13H16F2N2S. The smallest absolute Gasteiger partial charge is 0.182 e. The topological polar surface area (TPSA) is 29.3 Å². The highest BCUT2D eigenvalue weighted by Crippen LogP contribution is 2.30. The molecule has 98 valence electrons. The molecule has 2 N–H and O–H groups in total. The molecule has 0 amide bonds. The summed E-state index contributed by atoms with van der Waals surface area (Å²) in [5, 5.41) is 0. The van der Waals surface area contributed by atoms with Crippen molar-refractivity contribution in [3.63, 3.8) is 0 Å². The molecule has 0 saturated heterocycles. The van der Waals surface area contributed by atoms with Crippen LogP contribution in [0.4, 0.5) is 14.5 Å². The van der Waals surface area contributed by atoms with Gasteiger partial charge in [-0.2, -0.15) is 0 Å². The molecular weight excluding hydrogens is 254 g/mol. The van der Waals surface area contributed by atoms with Crippen molar-refractivity contribution in [1.82, 2.24) is 0 Å². The van der Waals surface area contributed by atoms with Crippen LogP contribution in [0.15, 0.2) is 12.1 Å². The summed E-state index contributed by atoms with van der Waals surface area (Å²) in [7, 11) is 1.80. The van der Waals surface area contributed by atoms with Crippen molar-refractivity contribution in [3.8, 4) is 0 Å². The number of rotatable bonds is 3. The van der Waals surface area contributed by atoms with Crippen molar-refractivity contribution in [2.45, 2.75) is 31.7 Å². The lowest BCUT2D eigenvalue weighted by molar-refractivity contribution is 0.501. The average Bonchev–Trinajstić information content (AvgIpc) is 2.85. The first kappa shape index (κ1) is 13.2. The van der Waals surface area contributed by atoms with E-state index in [0.29, 0.717) is 0 Å². The molecule has 2 nitrogen and oxygen atoms in total. The normalized spacial score (nSPS) is 15.9. The van der Waals surface area contributed by atoms with Crippen LogP contribution in [0.25, 0.3) is 0 Å². The van der Waals surface area contributed by atoms with Gasteiger partial charge in [0, 0.05) is 18.7 Å². The lowest BCUT2D eigenvalue weighted by Gasteiger charge is -2.27. The summed E-state index contributed by atoms with van der Waals surface area (Å²) in [5.74, 6) is -1.82. The third kappa shape index (κ3) is 2.32. The number of nitrogens with zero attached hydrogens (tertiary/aromatic N) is 1. The molecule has 0 unspecified atom stereocenters. The van der Waals surface area contributed by atoms with Crippen molar-refractivity contribution in [2.75, 3.05) is 11.9 Å². The monoisotopic (exact) mass is 270 g/mol. The molecule has 0 heterocycles.